The van der Waals surface area contributed by atoms with Crippen LogP contribution in [0.5, 0.6) is 0 Å². The number of nitrogens with zero attached hydrogens (tertiary/aromatic N) is 2. The van der Waals surface area contributed by atoms with Gasteiger partial charge >= 0.3 is 0 Å². The third-order valence-corrected chi connectivity index (χ3v) is 4.56. The van der Waals surface area contributed by atoms with Gasteiger partial charge in [-0.1, -0.05) is 36.8 Å². The molecule has 0 bridgehead atoms. The van der Waals surface area contributed by atoms with Crippen LogP contribution in [0.1, 0.15) is 48.1 Å². The van der Waals surface area contributed by atoms with E-state index < -0.39 is 0 Å². The van der Waals surface area contributed by atoms with Crippen LogP contribution in [-0.4, -0.2) is 15.8 Å². The maximum Gasteiger partial charge on any atom is 0.0666 e. The first kappa shape index (κ1) is 14.3. The standard InChI is InChI=1S/C18H25N3/c1-4-18-16(12-21(3)20-18)11-19-17-9-15(10-17)14-7-5-6-13(2)8-14/h5-8,12,15,17,19H,4,9-11H2,1-3H3. The minimum Gasteiger partial charge on any atom is -0.310 e. The molecule has 1 saturated carbocycles. The molecule has 0 aliphatic heterocycles. The second-order valence-electron chi connectivity index (χ2n) is 6.29. The Labute approximate surface area is 127 Å². The average Bonchev–Trinajstić information content (AvgIpc) is 2.77. The zero-order valence-electron chi connectivity index (χ0n) is 13.3. The SMILES string of the molecule is CCc1nn(C)cc1CNC1CC(c2cccc(C)c2)C1. The third kappa shape index (κ3) is 3.18. The Morgan fingerprint density at radius 3 is 2.86 bits per heavy atom. The fourth-order valence-electron chi connectivity index (χ4n) is 3.26. The summed E-state index contributed by atoms with van der Waals surface area (Å²) in [6.45, 7) is 5.29. The van der Waals surface area contributed by atoms with Gasteiger partial charge in [-0.2, -0.15) is 5.10 Å². The van der Waals surface area contributed by atoms with Crippen LogP contribution < -0.4 is 5.32 Å². The molecule has 112 valence electrons. The predicted molar refractivity (Wildman–Crippen MR) is 86.4 cm³/mol. The first-order valence-corrected chi connectivity index (χ1v) is 7.97. The molecule has 3 nitrogen and oxygen atoms in total. The lowest BCUT2D eigenvalue weighted by Crippen LogP contribution is -2.39. The smallest absolute Gasteiger partial charge is 0.0666 e. The van der Waals surface area contributed by atoms with Gasteiger partial charge < -0.3 is 5.32 Å². The Bertz CT molecular complexity index is 609. The second-order valence-corrected chi connectivity index (χ2v) is 6.29. The summed E-state index contributed by atoms with van der Waals surface area (Å²) in [4.78, 5) is 0. The van der Waals surface area contributed by atoms with Gasteiger partial charge in [0.15, 0.2) is 0 Å². The van der Waals surface area contributed by atoms with Crippen LogP contribution in [0.2, 0.25) is 0 Å². The largest absolute Gasteiger partial charge is 0.310 e. The molecule has 1 aliphatic rings. The van der Waals surface area contributed by atoms with Crippen molar-refractivity contribution < 1.29 is 0 Å². The summed E-state index contributed by atoms with van der Waals surface area (Å²) in [5, 5.41) is 8.18. The van der Waals surface area contributed by atoms with Crippen molar-refractivity contribution >= 4 is 0 Å². The highest BCUT2D eigenvalue weighted by molar-refractivity contribution is 5.28. The molecule has 1 aliphatic carbocycles. The van der Waals surface area contributed by atoms with E-state index in [1.165, 1.54) is 35.2 Å². The van der Waals surface area contributed by atoms with E-state index >= 15 is 0 Å². The van der Waals surface area contributed by atoms with Crippen LogP contribution >= 0.6 is 0 Å². The van der Waals surface area contributed by atoms with Crippen molar-refractivity contribution in [3.05, 3.63) is 52.8 Å². The predicted octanol–water partition coefficient (Wildman–Crippen LogP) is 3.33. The van der Waals surface area contributed by atoms with E-state index in [-0.39, 0.29) is 0 Å². The van der Waals surface area contributed by atoms with Gasteiger partial charge in [-0.05, 0) is 37.7 Å². The topological polar surface area (TPSA) is 29.9 Å². The number of rotatable bonds is 5. The molecular formula is C18H25N3. The molecular weight excluding hydrogens is 258 g/mol. The van der Waals surface area contributed by atoms with Crippen molar-refractivity contribution in [2.45, 2.75) is 51.6 Å². The normalized spacial score (nSPS) is 21.3. The molecule has 1 heterocycles. The van der Waals surface area contributed by atoms with Gasteiger partial charge in [0.1, 0.15) is 0 Å². The monoisotopic (exact) mass is 283 g/mol. The third-order valence-electron chi connectivity index (χ3n) is 4.56. The number of aryl methyl sites for hydroxylation is 3. The lowest BCUT2D eigenvalue weighted by atomic mass is 9.75. The lowest BCUT2D eigenvalue weighted by molar-refractivity contribution is 0.289. The summed E-state index contributed by atoms with van der Waals surface area (Å²) in [7, 11) is 2.00. The molecule has 2 aromatic rings. The van der Waals surface area contributed by atoms with Crippen molar-refractivity contribution in [3.63, 3.8) is 0 Å². The van der Waals surface area contributed by atoms with Gasteiger partial charge in [0, 0.05) is 31.4 Å². The van der Waals surface area contributed by atoms with Gasteiger partial charge in [0.25, 0.3) is 0 Å². The molecule has 0 unspecified atom stereocenters. The molecule has 0 atom stereocenters. The number of hydrogen-bond donors (Lipinski definition) is 1. The highest BCUT2D eigenvalue weighted by atomic mass is 15.3. The van der Waals surface area contributed by atoms with Crippen LogP contribution in [0.4, 0.5) is 0 Å². The highest BCUT2D eigenvalue weighted by Gasteiger charge is 2.29. The number of nitrogens with one attached hydrogen (secondary N) is 1. The van der Waals surface area contributed by atoms with E-state index in [4.69, 9.17) is 0 Å². The first-order chi connectivity index (χ1) is 10.2. The van der Waals surface area contributed by atoms with Gasteiger partial charge in [-0.25, -0.2) is 0 Å². The summed E-state index contributed by atoms with van der Waals surface area (Å²) in [6.07, 6.45) is 5.66. The molecule has 3 heteroatoms. The van der Waals surface area contributed by atoms with Gasteiger partial charge in [0.05, 0.1) is 5.69 Å². The molecule has 1 fully saturated rings. The summed E-state index contributed by atoms with van der Waals surface area (Å²) in [6, 6.07) is 9.60. The quantitative estimate of drug-likeness (QED) is 0.912. The van der Waals surface area contributed by atoms with E-state index in [2.05, 4.69) is 54.7 Å². The maximum atomic E-state index is 4.50. The zero-order valence-corrected chi connectivity index (χ0v) is 13.3. The summed E-state index contributed by atoms with van der Waals surface area (Å²) < 4.78 is 1.92. The minimum atomic E-state index is 0.653. The van der Waals surface area contributed by atoms with E-state index in [1.807, 2.05) is 11.7 Å². The number of aromatic nitrogens is 2. The summed E-state index contributed by atoms with van der Waals surface area (Å²) in [5.74, 6) is 0.738. The van der Waals surface area contributed by atoms with Crippen LogP contribution in [-0.2, 0) is 20.0 Å². The van der Waals surface area contributed by atoms with E-state index in [1.54, 1.807) is 0 Å². The molecule has 0 amide bonds. The highest BCUT2D eigenvalue weighted by Crippen LogP contribution is 2.37. The Morgan fingerprint density at radius 2 is 2.14 bits per heavy atom. The first-order valence-electron chi connectivity index (χ1n) is 7.97. The zero-order chi connectivity index (χ0) is 14.8. The second kappa shape index (κ2) is 6.02. The molecule has 21 heavy (non-hydrogen) atoms. The fourth-order valence-corrected chi connectivity index (χ4v) is 3.26. The van der Waals surface area contributed by atoms with Crippen molar-refractivity contribution in [2.75, 3.05) is 0 Å². The maximum absolute atomic E-state index is 4.50. The minimum absolute atomic E-state index is 0.653. The number of hydrogen-bond acceptors (Lipinski definition) is 2. The van der Waals surface area contributed by atoms with Gasteiger partial charge in [-0.15, -0.1) is 0 Å². The lowest BCUT2D eigenvalue weighted by Gasteiger charge is -2.36. The average molecular weight is 283 g/mol. The van der Waals surface area contributed by atoms with Gasteiger partial charge in [-0.3, -0.25) is 4.68 Å². The van der Waals surface area contributed by atoms with E-state index in [0.717, 1.165) is 18.9 Å². The fraction of sp³-hybridized carbons (Fsp3) is 0.500. The molecule has 1 N–H and O–H groups in total. The van der Waals surface area contributed by atoms with Crippen LogP contribution in [0, 0.1) is 6.92 Å². The van der Waals surface area contributed by atoms with Crippen LogP contribution in [0.3, 0.4) is 0 Å². The van der Waals surface area contributed by atoms with Crippen molar-refractivity contribution in [1.82, 2.24) is 15.1 Å². The molecule has 0 saturated heterocycles. The Balaban J connectivity index is 1.51. The molecule has 1 aromatic heterocycles. The Hall–Kier alpha value is -1.61. The van der Waals surface area contributed by atoms with Crippen LogP contribution in [0.25, 0.3) is 0 Å². The van der Waals surface area contributed by atoms with Crippen molar-refractivity contribution in [2.24, 2.45) is 7.05 Å². The van der Waals surface area contributed by atoms with Gasteiger partial charge in [0.2, 0.25) is 0 Å². The summed E-state index contributed by atoms with van der Waals surface area (Å²) >= 11 is 0. The van der Waals surface area contributed by atoms with Crippen molar-refractivity contribution in [1.29, 1.82) is 0 Å². The Morgan fingerprint density at radius 1 is 1.33 bits per heavy atom. The van der Waals surface area contributed by atoms with E-state index in [9.17, 15) is 0 Å². The molecule has 1 aromatic carbocycles. The molecule has 0 spiro atoms. The van der Waals surface area contributed by atoms with Crippen LogP contribution in [0.15, 0.2) is 30.5 Å². The number of benzene rings is 1. The summed E-state index contributed by atoms with van der Waals surface area (Å²) in [5.41, 5.74) is 5.44. The Kier molecular flexibility index (Phi) is 4.11. The van der Waals surface area contributed by atoms with E-state index in [0.29, 0.717) is 6.04 Å². The molecule has 0 radical (unpaired) electrons. The van der Waals surface area contributed by atoms with Crippen molar-refractivity contribution in [3.8, 4) is 0 Å². The molecule has 3 rings (SSSR count).